The van der Waals surface area contributed by atoms with E-state index in [0.717, 1.165) is 17.7 Å². The van der Waals surface area contributed by atoms with E-state index in [2.05, 4.69) is 0 Å². The largest absolute Gasteiger partial charge is 0.418 e. The van der Waals surface area contributed by atoms with E-state index in [1.807, 2.05) is 0 Å². The first-order valence-electron chi connectivity index (χ1n) is 7.68. The first kappa shape index (κ1) is 20.8. The number of aliphatic hydroxyl groups excluding tert-OH is 1. The van der Waals surface area contributed by atoms with Gasteiger partial charge < -0.3 is 10.4 Å². The maximum atomic E-state index is 12.9. The van der Waals surface area contributed by atoms with E-state index in [4.69, 9.17) is 0 Å². The number of halogens is 6. The molecule has 0 aliphatic rings. The molecule has 0 radical (unpaired) electrons. The molecular formula is C18H15F6NO2. The minimum atomic E-state index is -4.99. The second kappa shape index (κ2) is 7.59. The average molecular weight is 391 g/mol. The number of rotatable bonds is 4. The highest BCUT2D eigenvalue weighted by atomic mass is 19.4. The Balaban J connectivity index is 2.47. The molecule has 0 heterocycles. The van der Waals surface area contributed by atoms with Crippen molar-refractivity contribution in [2.45, 2.75) is 25.4 Å². The molecule has 1 amide bonds. The van der Waals surface area contributed by atoms with Gasteiger partial charge >= 0.3 is 12.4 Å². The molecule has 1 unspecified atom stereocenters. The first-order chi connectivity index (χ1) is 12.4. The van der Waals surface area contributed by atoms with E-state index in [1.165, 1.54) is 6.07 Å². The summed E-state index contributed by atoms with van der Waals surface area (Å²) in [5.41, 5.74) is 0.427. The van der Waals surface area contributed by atoms with Gasteiger partial charge in [0.2, 0.25) is 0 Å². The summed E-state index contributed by atoms with van der Waals surface area (Å²) < 4.78 is 75.4. The Hall–Kier alpha value is -2.55. The lowest BCUT2D eigenvalue weighted by atomic mass is 9.96. The van der Waals surface area contributed by atoms with Crippen molar-refractivity contribution in [2.24, 2.45) is 0 Å². The summed E-state index contributed by atoms with van der Waals surface area (Å²) in [6.07, 6.45) is -12.5. The minimum absolute atomic E-state index is 0.160. The highest BCUT2D eigenvalue weighted by Gasteiger charge is 2.40. The molecule has 0 aliphatic heterocycles. The Bertz CT molecular complexity index is 812. The van der Waals surface area contributed by atoms with Gasteiger partial charge in [0.05, 0.1) is 0 Å². The third kappa shape index (κ3) is 5.72. The molecule has 3 nitrogen and oxygen atoms in total. The predicted molar refractivity (Wildman–Crippen MR) is 86.0 cm³/mol. The molecule has 0 fully saturated rings. The number of hydrogen-bond acceptors (Lipinski definition) is 2. The highest BCUT2D eigenvalue weighted by molar-refractivity contribution is 5.95. The molecule has 2 rings (SSSR count). The Kier molecular flexibility index (Phi) is 5.84. The smallest absolute Gasteiger partial charge is 0.379 e. The van der Waals surface area contributed by atoms with E-state index in [1.54, 1.807) is 36.5 Å². The number of alkyl halides is 6. The molecule has 0 saturated heterocycles. The van der Waals surface area contributed by atoms with Crippen molar-refractivity contribution in [3.63, 3.8) is 0 Å². The van der Waals surface area contributed by atoms with Gasteiger partial charge in [-0.2, -0.15) is 26.3 Å². The summed E-state index contributed by atoms with van der Waals surface area (Å²) in [6, 6.07) is 9.49. The van der Waals surface area contributed by atoms with Crippen molar-refractivity contribution >= 4 is 5.91 Å². The second-order valence-electron chi connectivity index (χ2n) is 5.95. The molecule has 0 aromatic heterocycles. The van der Waals surface area contributed by atoms with E-state index in [-0.39, 0.29) is 5.56 Å². The van der Waals surface area contributed by atoms with Crippen LogP contribution in [0.3, 0.4) is 0 Å². The number of hydrogen-bond donors (Lipinski definition) is 2. The normalized spacial score (nSPS) is 13.3. The monoisotopic (exact) mass is 391 g/mol. The predicted octanol–water partition coefficient (Wildman–Crippen LogP) is 4.55. The summed E-state index contributed by atoms with van der Waals surface area (Å²) in [4.78, 5) is 12.0. The molecule has 9 heteroatoms. The second-order valence-corrected chi connectivity index (χ2v) is 5.95. The van der Waals surface area contributed by atoms with Gasteiger partial charge in [0.1, 0.15) is 6.54 Å². The van der Waals surface area contributed by atoms with Gasteiger partial charge in [-0.25, -0.2) is 0 Å². The van der Waals surface area contributed by atoms with Crippen LogP contribution in [0.25, 0.3) is 11.1 Å². The van der Waals surface area contributed by atoms with E-state index in [9.17, 15) is 36.2 Å². The van der Waals surface area contributed by atoms with Crippen molar-refractivity contribution in [1.82, 2.24) is 5.32 Å². The van der Waals surface area contributed by atoms with Crippen LogP contribution in [0, 0.1) is 6.92 Å². The van der Waals surface area contributed by atoms with E-state index in [0.29, 0.717) is 5.56 Å². The van der Waals surface area contributed by atoms with Crippen LogP contribution < -0.4 is 5.32 Å². The molecule has 0 spiro atoms. The average Bonchev–Trinajstić information content (AvgIpc) is 2.57. The summed E-state index contributed by atoms with van der Waals surface area (Å²) in [7, 11) is 0. The lowest BCUT2D eigenvalue weighted by molar-refractivity contribution is -0.206. The molecule has 146 valence electrons. The summed E-state index contributed by atoms with van der Waals surface area (Å²) in [5, 5.41) is 11.1. The fraction of sp³-hybridized carbons (Fsp3) is 0.278. The lowest BCUT2D eigenvalue weighted by Crippen LogP contribution is -2.33. The van der Waals surface area contributed by atoms with Gasteiger partial charge in [-0.05, 0) is 41.8 Å². The fourth-order valence-electron chi connectivity index (χ4n) is 2.32. The molecule has 0 aliphatic carbocycles. The maximum absolute atomic E-state index is 12.9. The summed E-state index contributed by atoms with van der Waals surface area (Å²) >= 11 is 0. The summed E-state index contributed by atoms with van der Waals surface area (Å²) in [5.74, 6) is -1.20. The van der Waals surface area contributed by atoms with Gasteiger partial charge in [0, 0.05) is 5.56 Å². The SMILES string of the molecule is Cc1ccc(-c2cc(C(=O)NCC(F)(F)F)cc(C(O)C(F)(F)F)c2)cc1. The van der Waals surface area contributed by atoms with Gasteiger partial charge in [-0.3, -0.25) is 4.79 Å². The quantitative estimate of drug-likeness (QED) is 0.752. The van der Waals surface area contributed by atoms with Crippen LogP contribution in [-0.4, -0.2) is 29.9 Å². The number of benzene rings is 2. The lowest BCUT2D eigenvalue weighted by Gasteiger charge is -2.17. The van der Waals surface area contributed by atoms with Gasteiger partial charge in [0.15, 0.2) is 6.10 Å². The topological polar surface area (TPSA) is 49.3 Å². The van der Waals surface area contributed by atoms with Crippen LogP contribution in [0.15, 0.2) is 42.5 Å². The van der Waals surface area contributed by atoms with Gasteiger partial charge in [-0.1, -0.05) is 29.8 Å². The fourth-order valence-corrected chi connectivity index (χ4v) is 2.32. The number of nitrogens with one attached hydrogen (secondary N) is 1. The van der Waals surface area contributed by atoms with Crippen molar-refractivity contribution in [2.75, 3.05) is 6.54 Å². The van der Waals surface area contributed by atoms with Crippen LogP contribution in [0.1, 0.15) is 27.6 Å². The van der Waals surface area contributed by atoms with E-state index < -0.39 is 42.0 Å². The number of aryl methyl sites for hydroxylation is 1. The number of carbonyl (C=O) groups is 1. The molecule has 0 bridgehead atoms. The zero-order valence-electron chi connectivity index (χ0n) is 13.9. The van der Waals surface area contributed by atoms with Crippen molar-refractivity contribution < 1.29 is 36.2 Å². The van der Waals surface area contributed by atoms with Crippen LogP contribution in [0.4, 0.5) is 26.3 Å². The third-order valence-electron chi connectivity index (χ3n) is 3.68. The molecule has 27 heavy (non-hydrogen) atoms. The van der Waals surface area contributed by atoms with Crippen LogP contribution in [0.2, 0.25) is 0 Å². The Morgan fingerprint density at radius 2 is 1.59 bits per heavy atom. The molecular weight excluding hydrogens is 376 g/mol. The first-order valence-corrected chi connectivity index (χ1v) is 7.68. The molecule has 1 atom stereocenters. The van der Waals surface area contributed by atoms with Gasteiger partial charge in [0.25, 0.3) is 5.91 Å². The number of amides is 1. The van der Waals surface area contributed by atoms with Crippen molar-refractivity contribution in [3.8, 4) is 11.1 Å². The third-order valence-corrected chi connectivity index (χ3v) is 3.68. The zero-order chi connectivity index (χ0) is 20.4. The zero-order valence-corrected chi connectivity index (χ0v) is 13.9. The maximum Gasteiger partial charge on any atom is 0.418 e. The van der Waals surface area contributed by atoms with Crippen LogP contribution in [0.5, 0.6) is 0 Å². The highest BCUT2D eigenvalue weighted by Crippen LogP contribution is 2.35. The Labute approximate surface area is 150 Å². The number of carbonyl (C=O) groups excluding carboxylic acids is 1. The van der Waals surface area contributed by atoms with Gasteiger partial charge in [-0.15, -0.1) is 0 Å². The van der Waals surface area contributed by atoms with E-state index >= 15 is 0 Å². The van der Waals surface area contributed by atoms with Crippen molar-refractivity contribution in [3.05, 3.63) is 59.2 Å². The Morgan fingerprint density at radius 3 is 2.11 bits per heavy atom. The molecule has 2 aromatic carbocycles. The van der Waals surface area contributed by atoms with Crippen LogP contribution >= 0.6 is 0 Å². The van der Waals surface area contributed by atoms with Crippen molar-refractivity contribution in [1.29, 1.82) is 0 Å². The molecule has 2 N–H and O–H groups in total. The number of aliphatic hydroxyl groups is 1. The standard InChI is InChI=1S/C18H15F6NO2/c1-10-2-4-11(5-3-10)12-6-13(15(26)18(22,23)24)8-14(7-12)16(27)25-9-17(19,20)21/h2-8,15,26H,9H2,1H3,(H,25,27). The van der Waals surface area contributed by atoms with Crippen LogP contribution in [-0.2, 0) is 0 Å². The molecule has 0 saturated carbocycles. The summed E-state index contributed by atoms with van der Waals surface area (Å²) in [6.45, 7) is 0.168. The minimum Gasteiger partial charge on any atom is -0.379 e. The molecule has 2 aromatic rings. The Morgan fingerprint density at radius 1 is 1.00 bits per heavy atom.